The van der Waals surface area contributed by atoms with E-state index in [1.54, 1.807) is 22.7 Å². The number of aldehydes is 1. The van der Waals surface area contributed by atoms with Crippen molar-refractivity contribution in [1.82, 2.24) is 4.98 Å². The molecule has 0 radical (unpaired) electrons. The maximum atomic E-state index is 11.2. The summed E-state index contributed by atoms with van der Waals surface area (Å²) >= 11 is 3.29. The van der Waals surface area contributed by atoms with Crippen LogP contribution in [-0.2, 0) is 6.42 Å². The van der Waals surface area contributed by atoms with E-state index >= 15 is 0 Å². The number of aromatic nitrogens is 1. The highest BCUT2D eigenvalue weighted by Gasteiger charge is 2.11. The van der Waals surface area contributed by atoms with Crippen molar-refractivity contribution in [2.45, 2.75) is 20.3 Å². The molecule has 0 bridgehead atoms. The van der Waals surface area contributed by atoms with Crippen molar-refractivity contribution in [2.24, 2.45) is 0 Å². The summed E-state index contributed by atoms with van der Waals surface area (Å²) in [5, 5.41) is 4.04. The Morgan fingerprint density at radius 1 is 1.07 bits per heavy atom. The van der Waals surface area contributed by atoms with Crippen molar-refractivity contribution in [1.29, 1.82) is 0 Å². The molecule has 4 rings (SSSR count). The Hall–Kier alpha value is -2.50. The van der Waals surface area contributed by atoms with Gasteiger partial charge in [-0.15, -0.1) is 22.7 Å². The van der Waals surface area contributed by atoms with Crippen LogP contribution < -0.4 is 4.74 Å². The van der Waals surface area contributed by atoms with Gasteiger partial charge in [-0.3, -0.25) is 4.79 Å². The van der Waals surface area contributed by atoms with Crippen molar-refractivity contribution < 1.29 is 9.53 Å². The van der Waals surface area contributed by atoms with Crippen LogP contribution in [0.3, 0.4) is 0 Å². The summed E-state index contributed by atoms with van der Waals surface area (Å²) in [5.74, 6) is 0.823. The lowest BCUT2D eigenvalue weighted by atomic mass is 10.1. The lowest BCUT2D eigenvalue weighted by Gasteiger charge is -2.08. The van der Waals surface area contributed by atoms with E-state index in [0.29, 0.717) is 12.2 Å². The topological polar surface area (TPSA) is 39.2 Å². The molecule has 0 spiro atoms. The Labute approximate surface area is 166 Å². The van der Waals surface area contributed by atoms with Gasteiger partial charge < -0.3 is 4.74 Å². The number of benzene rings is 2. The number of ether oxygens (including phenoxy) is 1. The molecule has 0 unspecified atom stereocenters. The molecule has 0 saturated heterocycles. The summed E-state index contributed by atoms with van der Waals surface area (Å²) in [6, 6.07) is 14.2. The van der Waals surface area contributed by atoms with E-state index in [2.05, 4.69) is 38.1 Å². The third-order valence-electron chi connectivity index (χ3n) is 4.52. The van der Waals surface area contributed by atoms with E-state index in [9.17, 15) is 4.79 Å². The SMILES string of the molecule is Cc1ccc(-c2nc(CCOc3ccc(C=O)c4sccc34)c(C)s2)cc1. The third-order valence-corrected chi connectivity index (χ3v) is 6.55. The zero-order valence-electron chi connectivity index (χ0n) is 15.2. The Kier molecular flexibility index (Phi) is 5.05. The van der Waals surface area contributed by atoms with E-state index in [-0.39, 0.29) is 0 Å². The van der Waals surface area contributed by atoms with Gasteiger partial charge >= 0.3 is 0 Å². The van der Waals surface area contributed by atoms with Crippen LogP contribution in [0.2, 0.25) is 0 Å². The zero-order valence-corrected chi connectivity index (χ0v) is 16.8. The summed E-state index contributed by atoms with van der Waals surface area (Å²) in [6.45, 7) is 4.76. The number of rotatable bonds is 6. The molecule has 0 atom stereocenters. The highest BCUT2D eigenvalue weighted by atomic mass is 32.1. The fraction of sp³-hybridized carbons (Fsp3) is 0.182. The molecule has 0 aliphatic carbocycles. The van der Waals surface area contributed by atoms with Gasteiger partial charge in [-0.05, 0) is 37.4 Å². The molecule has 0 amide bonds. The molecule has 0 saturated carbocycles. The summed E-state index contributed by atoms with van der Waals surface area (Å²) in [4.78, 5) is 17.2. The first kappa shape index (κ1) is 17.9. The molecular formula is C22H19NO2S2. The van der Waals surface area contributed by atoms with Crippen LogP contribution in [0.5, 0.6) is 5.75 Å². The van der Waals surface area contributed by atoms with Crippen LogP contribution in [0.25, 0.3) is 20.7 Å². The van der Waals surface area contributed by atoms with Gasteiger partial charge in [-0.2, -0.15) is 0 Å². The van der Waals surface area contributed by atoms with E-state index in [0.717, 1.165) is 44.8 Å². The second kappa shape index (κ2) is 7.62. The average molecular weight is 394 g/mol. The van der Waals surface area contributed by atoms with Gasteiger partial charge in [0.15, 0.2) is 6.29 Å². The summed E-state index contributed by atoms with van der Waals surface area (Å²) < 4.78 is 7.00. The Morgan fingerprint density at radius 3 is 2.67 bits per heavy atom. The maximum absolute atomic E-state index is 11.2. The summed E-state index contributed by atoms with van der Waals surface area (Å²) in [5.41, 5.74) is 4.21. The number of aryl methyl sites for hydroxylation is 2. The number of carbonyl (C=O) groups excluding carboxylic acids is 1. The molecule has 2 aromatic carbocycles. The average Bonchev–Trinajstić information content (AvgIpc) is 3.30. The van der Waals surface area contributed by atoms with Gasteiger partial charge in [0.05, 0.1) is 12.3 Å². The van der Waals surface area contributed by atoms with Crippen molar-refractivity contribution in [3.05, 3.63) is 69.5 Å². The van der Waals surface area contributed by atoms with Crippen LogP contribution in [0.15, 0.2) is 47.8 Å². The van der Waals surface area contributed by atoms with E-state index in [1.807, 2.05) is 23.6 Å². The summed E-state index contributed by atoms with van der Waals surface area (Å²) in [7, 11) is 0. The first-order chi connectivity index (χ1) is 13.2. The van der Waals surface area contributed by atoms with Gasteiger partial charge in [0.2, 0.25) is 0 Å². The van der Waals surface area contributed by atoms with Crippen LogP contribution in [0, 0.1) is 13.8 Å². The molecule has 4 aromatic rings. The van der Waals surface area contributed by atoms with Crippen molar-refractivity contribution in [2.75, 3.05) is 6.61 Å². The largest absolute Gasteiger partial charge is 0.493 e. The maximum Gasteiger partial charge on any atom is 0.151 e. The van der Waals surface area contributed by atoms with Crippen LogP contribution in [0.1, 0.15) is 26.5 Å². The van der Waals surface area contributed by atoms with E-state index in [4.69, 9.17) is 9.72 Å². The second-order valence-corrected chi connectivity index (χ2v) is 8.54. The first-order valence-electron chi connectivity index (χ1n) is 8.77. The normalized spacial score (nSPS) is 11.0. The molecule has 3 nitrogen and oxygen atoms in total. The number of hydrogen-bond donors (Lipinski definition) is 0. The molecule has 0 N–H and O–H groups in total. The highest BCUT2D eigenvalue weighted by Crippen LogP contribution is 2.33. The minimum absolute atomic E-state index is 0.559. The molecule has 0 fully saturated rings. The molecular weight excluding hydrogens is 374 g/mol. The molecule has 5 heteroatoms. The van der Waals surface area contributed by atoms with Crippen LogP contribution in [0.4, 0.5) is 0 Å². The predicted molar refractivity (Wildman–Crippen MR) is 113 cm³/mol. The predicted octanol–water partition coefficient (Wildman–Crippen LogP) is 6.08. The third kappa shape index (κ3) is 3.66. The number of hydrogen-bond acceptors (Lipinski definition) is 5. The second-order valence-electron chi connectivity index (χ2n) is 6.42. The fourth-order valence-corrected chi connectivity index (χ4v) is 4.87. The Balaban J connectivity index is 1.48. The van der Waals surface area contributed by atoms with E-state index < -0.39 is 0 Å². The van der Waals surface area contributed by atoms with Gasteiger partial charge in [0.1, 0.15) is 10.8 Å². The number of nitrogens with zero attached hydrogens (tertiary/aromatic N) is 1. The lowest BCUT2D eigenvalue weighted by molar-refractivity contribution is 0.112. The van der Waals surface area contributed by atoms with E-state index in [1.165, 1.54) is 10.4 Å². The smallest absolute Gasteiger partial charge is 0.151 e. The number of fused-ring (bicyclic) bond motifs is 1. The van der Waals surface area contributed by atoms with Crippen molar-refractivity contribution in [3.63, 3.8) is 0 Å². The van der Waals surface area contributed by atoms with Gasteiger partial charge in [-0.25, -0.2) is 4.98 Å². The zero-order chi connectivity index (χ0) is 18.8. The molecule has 27 heavy (non-hydrogen) atoms. The molecule has 0 aliphatic heterocycles. The van der Waals surface area contributed by atoms with Crippen LogP contribution >= 0.6 is 22.7 Å². The molecule has 0 aliphatic rings. The minimum atomic E-state index is 0.559. The number of carbonyl (C=O) groups is 1. The Morgan fingerprint density at radius 2 is 1.89 bits per heavy atom. The van der Waals surface area contributed by atoms with Crippen molar-refractivity contribution >= 4 is 39.0 Å². The monoisotopic (exact) mass is 393 g/mol. The van der Waals surface area contributed by atoms with Gasteiger partial charge in [0, 0.05) is 32.5 Å². The molecule has 136 valence electrons. The van der Waals surface area contributed by atoms with Crippen molar-refractivity contribution in [3.8, 4) is 16.3 Å². The minimum Gasteiger partial charge on any atom is -0.493 e. The molecule has 2 heterocycles. The molecule has 2 aromatic heterocycles. The summed E-state index contributed by atoms with van der Waals surface area (Å²) in [6.07, 6.45) is 1.66. The van der Waals surface area contributed by atoms with Crippen LogP contribution in [-0.4, -0.2) is 17.9 Å². The number of thiophene rings is 1. The highest BCUT2D eigenvalue weighted by molar-refractivity contribution is 7.17. The standard InChI is InChI=1S/C22H19NO2S2/c1-14-3-5-16(6-4-14)22-23-19(15(2)27-22)9-11-25-20-8-7-17(13-24)21-18(20)10-12-26-21/h3-8,10,12-13H,9,11H2,1-2H3. The first-order valence-corrected chi connectivity index (χ1v) is 10.5. The number of thiazole rings is 1. The lowest BCUT2D eigenvalue weighted by Crippen LogP contribution is -2.03. The quantitative estimate of drug-likeness (QED) is 0.373. The Bertz CT molecular complexity index is 1090. The fourth-order valence-electron chi connectivity index (χ4n) is 3.01. The van der Waals surface area contributed by atoms with Gasteiger partial charge in [-0.1, -0.05) is 29.8 Å². The van der Waals surface area contributed by atoms with Gasteiger partial charge in [0.25, 0.3) is 0 Å².